The number of halogens is 1. The molecular weight excluding hydrogens is 249 g/mol. The van der Waals surface area contributed by atoms with Crippen LogP contribution in [-0.2, 0) is 10.2 Å². The molecule has 0 bridgehead atoms. The summed E-state index contributed by atoms with van der Waals surface area (Å²) in [6.07, 6.45) is 0. The zero-order valence-electron chi connectivity index (χ0n) is 9.87. The maximum Gasteiger partial charge on any atom is 0.332 e. The van der Waals surface area contributed by atoms with Gasteiger partial charge in [0.1, 0.15) is 4.90 Å². The van der Waals surface area contributed by atoms with Crippen LogP contribution in [0.3, 0.4) is 0 Å². The molecule has 0 heterocycles. The van der Waals surface area contributed by atoms with Gasteiger partial charge in [-0.2, -0.15) is 8.42 Å². The van der Waals surface area contributed by atoms with Gasteiger partial charge in [0.2, 0.25) is 0 Å². The van der Waals surface area contributed by atoms with Crippen molar-refractivity contribution in [2.75, 3.05) is 0 Å². The highest BCUT2D eigenvalue weighted by Crippen LogP contribution is 2.35. The standard InChI is InChI=1S/C10H12FNO4S/c1-5-7(3)10(17(11,15)16)8(4)6(2)9(5)12(13)14/h1-4H3. The van der Waals surface area contributed by atoms with E-state index in [1.54, 1.807) is 0 Å². The van der Waals surface area contributed by atoms with E-state index < -0.39 is 20.0 Å². The molecule has 0 aliphatic heterocycles. The monoisotopic (exact) mass is 261 g/mol. The molecule has 0 aliphatic rings. The third kappa shape index (κ3) is 2.14. The highest BCUT2D eigenvalue weighted by Gasteiger charge is 2.28. The van der Waals surface area contributed by atoms with E-state index in [4.69, 9.17) is 0 Å². The Morgan fingerprint density at radius 1 is 1.00 bits per heavy atom. The fourth-order valence-electron chi connectivity index (χ4n) is 1.90. The Kier molecular flexibility index (Phi) is 3.24. The highest BCUT2D eigenvalue weighted by molar-refractivity contribution is 7.86. The van der Waals surface area contributed by atoms with Gasteiger partial charge in [-0.15, -0.1) is 3.89 Å². The average molecular weight is 261 g/mol. The van der Waals surface area contributed by atoms with Crippen LogP contribution in [-0.4, -0.2) is 13.3 Å². The lowest BCUT2D eigenvalue weighted by atomic mass is 9.99. The number of benzene rings is 1. The van der Waals surface area contributed by atoms with Gasteiger partial charge in [-0.1, -0.05) is 0 Å². The maximum atomic E-state index is 13.1. The molecular formula is C10H12FNO4S. The van der Waals surface area contributed by atoms with Crippen molar-refractivity contribution in [3.8, 4) is 0 Å². The lowest BCUT2D eigenvalue weighted by Gasteiger charge is -2.12. The van der Waals surface area contributed by atoms with E-state index >= 15 is 0 Å². The number of rotatable bonds is 2. The van der Waals surface area contributed by atoms with Crippen LogP contribution in [0.2, 0.25) is 0 Å². The van der Waals surface area contributed by atoms with Crippen LogP contribution < -0.4 is 0 Å². The molecule has 0 aromatic heterocycles. The molecule has 0 saturated carbocycles. The van der Waals surface area contributed by atoms with Crippen molar-refractivity contribution in [1.29, 1.82) is 0 Å². The number of hydrogen-bond acceptors (Lipinski definition) is 4. The maximum absolute atomic E-state index is 13.1. The number of hydrogen-bond donors (Lipinski definition) is 0. The molecule has 0 unspecified atom stereocenters. The number of nitro groups is 1. The average Bonchev–Trinajstić information content (AvgIpc) is 2.12. The molecule has 0 atom stereocenters. The van der Waals surface area contributed by atoms with Gasteiger partial charge in [-0.25, -0.2) is 0 Å². The Hall–Kier alpha value is -1.50. The molecule has 1 aromatic carbocycles. The van der Waals surface area contributed by atoms with E-state index in [1.165, 1.54) is 27.7 Å². The third-order valence-corrected chi connectivity index (χ3v) is 4.04. The van der Waals surface area contributed by atoms with Gasteiger partial charge in [0.05, 0.1) is 4.92 Å². The summed E-state index contributed by atoms with van der Waals surface area (Å²) < 4.78 is 35.2. The summed E-state index contributed by atoms with van der Waals surface area (Å²) in [5, 5.41) is 10.9. The predicted molar refractivity (Wildman–Crippen MR) is 60.3 cm³/mol. The zero-order chi connectivity index (χ0) is 13.5. The summed E-state index contributed by atoms with van der Waals surface area (Å²) in [6.45, 7) is 5.55. The minimum Gasteiger partial charge on any atom is -0.258 e. The van der Waals surface area contributed by atoms with Crippen molar-refractivity contribution in [2.24, 2.45) is 0 Å². The fourth-order valence-corrected chi connectivity index (χ4v) is 2.94. The van der Waals surface area contributed by atoms with E-state index in [2.05, 4.69) is 0 Å². The van der Waals surface area contributed by atoms with Crippen LogP contribution in [0.25, 0.3) is 0 Å². The molecule has 0 N–H and O–H groups in total. The van der Waals surface area contributed by atoms with E-state index in [0.29, 0.717) is 0 Å². The first-order valence-electron chi connectivity index (χ1n) is 4.78. The van der Waals surface area contributed by atoms with Crippen molar-refractivity contribution >= 4 is 15.9 Å². The fraction of sp³-hybridized carbons (Fsp3) is 0.400. The van der Waals surface area contributed by atoms with E-state index in [1.807, 2.05) is 0 Å². The molecule has 5 nitrogen and oxygen atoms in total. The first kappa shape index (κ1) is 13.6. The Bertz CT molecular complexity index is 578. The van der Waals surface area contributed by atoms with Crippen LogP contribution in [0.4, 0.5) is 9.57 Å². The Morgan fingerprint density at radius 3 is 1.59 bits per heavy atom. The van der Waals surface area contributed by atoms with Crippen LogP contribution in [0.5, 0.6) is 0 Å². The number of nitrogens with zero attached hydrogens (tertiary/aromatic N) is 1. The minimum absolute atomic E-state index is 0.0855. The van der Waals surface area contributed by atoms with Crippen molar-refractivity contribution in [3.63, 3.8) is 0 Å². The zero-order valence-corrected chi connectivity index (χ0v) is 10.7. The molecule has 17 heavy (non-hydrogen) atoms. The summed E-state index contributed by atoms with van der Waals surface area (Å²) >= 11 is 0. The second-order valence-electron chi connectivity index (χ2n) is 3.87. The molecule has 0 fully saturated rings. The predicted octanol–water partition coefficient (Wildman–Crippen LogP) is 2.49. The first-order valence-corrected chi connectivity index (χ1v) is 6.16. The molecule has 94 valence electrons. The van der Waals surface area contributed by atoms with E-state index in [9.17, 15) is 22.4 Å². The molecule has 0 radical (unpaired) electrons. The lowest BCUT2D eigenvalue weighted by molar-refractivity contribution is -0.386. The quantitative estimate of drug-likeness (QED) is 0.465. The second-order valence-corrected chi connectivity index (χ2v) is 5.16. The molecule has 1 rings (SSSR count). The van der Waals surface area contributed by atoms with Gasteiger partial charge < -0.3 is 0 Å². The topological polar surface area (TPSA) is 77.3 Å². The third-order valence-electron chi connectivity index (χ3n) is 2.94. The summed E-state index contributed by atoms with van der Waals surface area (Å²) in [6, 6.07) is 0. The largest absolute Gasteiger partial charge is 0.332 e. The van der Waals surface area contributed by atoms with E-state index in [0.717, 1.165) is 0 Å². The van der Waals surface area contributed by atoms with Crippen molar-refractivity contribution < 1.29 is 17.2 Å². The van der Waals surface area contributed by atoms with Crippen LogP contribution in [0.15, 0.2) is 4.90 Å². The molecule has 0 aliphatic carbocycles. The van der Waals surface area contributed by atoms with Crippen LogP contribution in [0, 0.1) is 37.8 Å². The Labute approximate surface area is 98.6 Å². The summed E-state index contributed by atoms with van der Waals surface area (Å²) in [4.78, 5) is 9.83. The normalized spacial score (nSPS) is 11.6. The van der Waals surface area contributed by atoms with Crippen LogP contribution in [0.1, 0.15) is 22.3 Å². The Morgan fingerprint density at radius 2 is 1.35 bits per heavy atom. The Balaban J connectivity index is 3.91. The van der Waals surface area contributed by atoms with Gasteiger partial charge in [0, 0.05) is 11.1 Å². The van der Waals surface area contributed by atoms with E-state index in [-0.39, 0.29) is 27.9 Å². The van der Waals surface area contributed by atoms with Crippen molar-refractivity contribution in [3.05, 3.63) is 32.4 Å². The lowest BCUT2D eigenvalue weighted by Crippen LogP contribution is -2.07. The van der Waals surface area contributed by atoms with Gasteiger partial charge in [-0.05, 0) is 38.8 Å². The molecule has 1 aromatic rings. The van der Waals surface area contributed by atoms with Gasteiger partial charge in [0.25, 0.3) is 5.69 Å². The van der Waals surface area contributed by atoms with Gasteiger partial charge in [-0.3, -0.25) is 10.1 Å². The molecule has 0 saturated heterocycles. The molecule has 0 spiro atoms. The smallest absolute Gasteiger partial charge is 0.258 e. The highest BCUT2D eigenvalue weighted by atomic mass is 32.3. The molecule has 7 heteroatoms. The van der Waals surface area contributed by atoms with Gasteiger partial charge >= 0.3 is 10.2 Å². The summed E-state index contributed by atoms with van der Waals surface area (Å²) in [7, 11) is -4.87. The summed E-state index contributed by atoms with van der Waals surface area (Å²) in [5.74, 6) is 0. The minimum atomic E-state index is -4.87. The molecule has 0 amide bonds. The van der Waals surface area contributed by atoms with Gasteiger partial charge in [0.15, 0.2) is 0 Å². The SMILES string of the molecule is Cc1c(C)c(S(=O)(=O)F)c(C)c(C)c1[N+](=O)[O-]. The van der Waals surface area contributed by atoms with Crippen molar-refractivity contribution in [2.45, 2.75) is 32.6 Å². The first-order chi connectivity index (χ1) is 7.59. The number of nitro benzene ring substituents is 1. The summed E-state index contributed by atoms with van der Waals surface area (Å²) in [5.41, 5.74) is 0.362. The second kappa shape index (κ2) is 4.06. The van der Waals surface area contributed by atoms with Crippen molar-refractivity contribution in [1.82, 2.24) is 0 Å². The van der Waals surface area contributed by atoms with Crippen LogP contribution >= 0.6 is 0 Å².